The number of rotatable bonds is 10. The standard InChI is InChI=1S/C14H26O/c1-2-3-4-5-6-7-8-9-10-11-12-13-14-15/h3-6,15H,2,7-14H2,1H3. The maximum absolute atomic E-state index is 8.59. The van der Waals surface area contributed by atoms with Crippen LogP contribution in [0.5, 0.6) is 0 Å². The van der Waals surface area contributed by atoms with E-state index in [0.29, 0.717) is 6.61 Å². The summed E-state index contributed by atoms with van der Waals surface area (Å²) in [7, 11) is 0. The summed E-state index contributed by atoms with van der Waals surface area (Å²) in [5, 5.41) is 8.59. The Morgan fingerprint density at radius 1 is 0.800 bits per heavy atom. The Hall–Kier alpha value is -0.560. The van der Waals surface area contributed by atoms with Gasteiger partial charge in [-0.2, -0.15) is 0 Å². The normalized spacial score (nSPS) is 11.9. The highest BCUT2D eigenvalue weighted by Gasteiger charge is 1.89. The lowest BCUT2D eigenvalue weighted by Crippen LogP contribution is -1.83. The minimum absolute atomic E-state index is 0.354. The molecule has 0 fully saturated rings. The van der Waals surface area contributed by atoms with Crippen LogP contribution >= 0.6 is 0 Å². The van der Waals surface area contributed by atoms with Crippen molar-refractivity contribution in [2.45, 2.75) is 58.3 Å². The summed E-state index contributed by atoms with van der Waals surface area (Å²) in [4.78, 5) is 0. The van der Waals surface area contributed by atoms with E-state index >= 15 is 0 Å². The summed E-state index contributed by atoms with van der Waals surface area (Å²) in [6.07, 6.45) is 18.4. The van der Waals surface area contributed by atoms with E-state index in [4.69, 9.17) is 5.11 Å². The molecular formula is C14H26O. The highest BCUT2D eigenvalue weighted by molar-refractivity contribution is 5.01. The predicted octanol–water partition coefficient (Wildman–Crippen LogP) is 4.23. The Morgan fingerprint density at radius 2 is 1.40 bits per heavy atom. The summed E-state index contributed by atoms with van der Waals surface area (Å²) in [5.74, 6) is 0. The molecule has 0 atom stereocenters. The molecule has 0 saturated carbocycles. The van der Waals surface area contributed by atoms with Crippen LogP contribution in [0.2, 0.25) is 0 Å². The molecule has 0 aliphatic carbocycles. The third kappa shape index (κ3) is 13.4. The third-order valence-electron chi connectivity index (χ3n) is 2.40. The average molecular weight is 210 g/mol. The molecule has 15 heavy (non-hydrogen) atoms. The summed E-state index contributed by atoms with van der Waals surface area (Å²) in [6, 6.07) is 0. The molecule has 0 saturated heterocycles. The number of hydrogen-bond acceptors (Lipinski definition) is 1. The van der Waals surface area contributed by atoms with Gasteiger partial charge in [0.2, 0.25) is 0 Å². The first-order valence-corrected chi connectivity index (χ1v) is 6.34. The first-order chi connectivity index (χ1) is 7.41. The van der Waals surface area contributed by atoms with Crippen molar-refractivity contribution in [1.29, 1.82) is 0 Å². The third-order valence-corrected chi connectivity index (χ3v) is 2.40. The molecule has 0 bridgehead atoms. The fourth-order valence-corrected chi connectivity index (χ4v) is 1.47. The lowest BCUT2D eigenvalue weighted by atomic mass is 10.1. The van der Waals surface area contributed by atoms with Gasteiger partial charge in [0.05, 0.1) is 0 Å². The van der Waals surface area contributed by atoms with Gasteiger partial charge in [0.15, 0.2) is 0 Å². The second-order valence-corrected chi connectivity index (χ2v) is 3.90. The molecular weight excluding hydrogens is 184 g/mol. The summed E-state index contributed by atoms with van der Waals surface area (Å²) in [5.41, 5.74) is 0. The van der Waals surface area contributed by atoms with E-state index in [9.17, 15) is 0 Å². The number of aliphatic hydroxyl groups excluding tert-OH is 1. The molecule has 0 rings (SSSR count). The Bertz CT molecular complexity index is 159. The smallest absolute Gasteiger partial charge is 0.0431 e. The van der Waals surface area contributed by atoms with Gasteiger partial charge in [0, 0.05) is 6.61 Å². The van der Waals surface area contributed by atoms with E-state index in [0.717, 1.165) is 12.8 Å². The van der Waals surface area contributed by atoms with E-state index in [1.165, 1.54) is 38.5 Å². The molecule has 88 valence electrons. The highest BCUT2D eigenvalue weighted by Crippen LogP contribution is 2.07. The van der Waals surface area contributed by atoms with Gasteiger partial charge in [0.25, 0.3) is 0 Å². The summed E-state index contributed by atoms with van der Waals surface area (Å²) >= 11 is 0. The maximum Gasteiger partial charge on any atom is 0.0431 e. The van der Waals surface area contributed by atoms with Crippen LogP contribution in [-0.4, -0.2) is 11.7 Å². The van der Waals surface area contributed by atoms with Crippen LogP contribution in [0.4, 0.5) is 0 Å². The highest BCUT2D eigenvalue weighted by atomic mass is 16.2. The first-order valence-electron chi connectivity index (χ1n) is 6.34. The van der Waals surface area contributed by atoms with E-state index in [1.54, 1.807) is 0 Å². The van der Waals surface area contributed by atoms with Crippen molar-refractivity contribution >= 4 is 0 Å². The van der Waals surface area contributed by atoms with Gasteiger partial charge in [-0.15, -0.1) is 0 Å². The van der Waals surface area contributed by atoms with Gasteiger partial charge in [0.1, 0.15) is 0 Å². The fraction of sp³-hybridized carbons (Fsp3) is 0.714. The molecule has 1 nitrogen and oxygen atoms in total. The topological polar surface area (TPSA) is 20.2 Å². The molecule has 0 aromatic rings. The van der Waals surface area contributed by atoms with Crippen LogP contribution in [0.15, 0.2) is 24.3 Å². The Balaban J connectivity index is 3.04. The average Bonchev–Trinajstić information content (AvgIpc) is 2.26. The van der Waals surface area contributed by atoms with Gasteiger partial charge in [-0.3, -0.25) is 0 Å². The Labute approximate surface area is 94.9 Å². The quantitative estimate of drug-likeness (QED) is 0.422. The second-order valence-electron chi connectivity index (χ2n) is 3.90. The zero-order chi connectivity index (χ0) is 11.2. The van der Waals surface area contributed by atoms with Crippen molar-refractivity contribution in [3.63, 3.8) is 0 Å². The SMILES string of the molecule is CCC=CC=CCCCCCCCCO. The molecule has 0 spiro atoms. The van der Waals surface area contributed by atoms with Crippen LogP contribution in [0.1, 0.15) is 58.3 Å². The van der Waals surface area contributed by atoms with Crippen LogP contribution in [0.25, 0.3) is 0 Å². The molecule has 0 heterocycles. The minimum Gasteiger partial charge on any atom is -0.396 e. The van der Waals surface area contributed by atoms with Crippen molar-refractivity contribution in [2.75, 3.05) is 6.61 Å². The van der Waals surface area contributed by atoms with Crippen LogP contribution < -0.4 is 0 Å². The fourth-order valence-electron chi connectivity index (χ4n) is 1.47. The molecule has 0 radical (unpaired) electrons. The second kappa shape index (κ2) is 13.4. The first kappa shape index (κ1) is 14.4. The van der Waals surface area contributed by atoms with Crippen molar-refractivity contribution in [3.05, 3.63) is 24.3 Å². The lowest BCUT2D eigenvalue weighted by Gasteiger charge is -1.98. The zero-order valence-corrected chi connectivity index (χ0v) is 10.1. The molecule has 0 amide bonds. The summed E-state index contributed by atoms with van der Waals surface area (Å²) < 4.78 is 0. The van der Waals surface area contributed by atoms with Crippen LogP contribution in [-0.2, 0) is 0 Å². The van der Waals surface area contributed by atoms with Crippen LogP contribution in [0, 0.1) is 0 Å². The number of unbranched alkanes of at least 4 members (excludes halogenated alkanes) is 6. The van der Waals surface area contributed by atoms with Crippen LogP contribution in [0.3, 0.4) is 0 Å². The van der Waals surface area contributed by atoms with Crippen molar-refractivity contribution < 1.29 is 5.11 Å². The minimum atomic E-state index is 0.354. The molecule has 0 aliphatic rings. The molecule has 0 unspecified atom stereocenters. The molecule has 0 aromatic carbocycles. The molecule has 0 aliphatic heterocycles. The van der Waals surface area contributed by atoms with E-state index in [1.807, 2.05) is 0 Å². The lowest BCUT2D eigenvalue weighted by molar-refractivity contribution is 0.282. The molecule has 1 N–H and O–H groups in total. The summed E-state index contributed by atoms with van der Waals surface area (Å²) in [6.45, 7) is 2.50. The monoisotopic (exact) mass is 210 g/mol. The number of hydrogen-bond donors (Lipinski definition) is 1. The Kier molecular flexibility index (Phi) is 12.9. The number of allylic oxidation sites excluding steroid dienone is 4. The Morgan fingerprint density at radius 3 is 2.07 bits per heavy atom. The zero-order valence-electron chi connectivity index (χ0n) is 10.1. The van der Waals surface area contributed by atoms with Gasteiger partial charge < -0.3 is 5.11 Å². The largest absolute Gasteiger partial charge is 0.396 e. The van der Waals surface area contributed by atoms with Crippen molar-refractivity contribution in [2.24, 2.45) is 0 Å². The van der Waals surface area contributed by atoms with Gasteiger partial charge in [-0.05, 0) is 25.7 Å². The van der Waals surface area contributed by atoms with E-state index < -0.39 is 0 Å². The van der Waals surface area contributed by atoms with Crippen molar-refractivity contribution in [3.8, 4) is 0 Å². The van der Waals surface area contributed by atoms with Crippen molar-refractivity contribution in [1.82, 2.24) is 0 Å². The van der Waals surface area contributed by atoms with E-state index in [-0.39, 0.29) is 0 Å². The number of aliphatic hydroxyl groups is 1. The van der Waals surface area contributed by atoms with Gasteiger partial charge in [-0.25, -0.2) is 0 Å². The van der Waals surface area contributed by atoms with Gasteiger partial charge >= 0.3 is 0 Å². The predicted molar refractivity (Wildman–Crippen MR) is 68.0 cm³/mol. The molecule has 1 heteroatoms. The maximum atomic E-state index is 8.59. The van der Waals surface area contributed by atoms with E-state index in [2.05, 4.69) is 31.2 Å². The van der Waals surface area contributed by atoms with Gasteiger partial charge in [-0.1, -0.05) is 56.9 Å². The molecule has 0 aromatic heterocycles.